The second-order valence-corrected chi connectivity index (χ2v) is 4.28. The molecule has 0 unspecified atom stereocenters. The van der Waals surface area contributed by atoms with Crippen LogP contribution >= 0.6 is 22.9 Å². The molecule has 0 aliphatic carbocycles. The molecule has 2 nitrogen and oxygen atoms in total. The lowest BCUT2D eigenvalue weighted by Crippen LogP contribution is -1.92. The Labute approximate surface area is 91.6 Å². The van der Waals surface area contributed by atoms with E-state index in [1.54, 1.807) is 0 Å². The van der Waals surface area contributed by atoms with E-state index in [2.05, 4.69) is 10.3 Å². The molecule has 0 saturated carbocycles. The lowest BCUT2D eigenvalue weighted by molar-refractivity contribution is 1.29. The van der Waals surface area contributed by atoms with E-state index < -0.39 is 0 Å². The van der Waals surface area contributed by atoms with Crippen molar-refractivity contribution in [2.24, 2.45) is 0 Å². The van der Waals surface area contributed by atoms with Crippen LogP contribution in [0.25, 0.3) is 11.3 Å². The van der Waals surface area contributed by atoms with E-state index >= 15 is 0 Å². The number of halogens is 1. The van der Waals surface area contributed by atoms with Crippen LogP contribution in [0.2, 0.25) is 4.34 Å². The van der Waals surface area contributed by atoms with Crippen molar-refractivity contribution in [1.82, 2.24) is 4.98 Å². The molecule has 0 aromatic carbocycles. The highest BCUT2D eigenvalue weighted by Crippen LogP contribution is 2.31. The first-order valence-corrected chi connectivity index (χ1v) is 5.45. The summed E-state index contributed by atoms with van der Waals surface area (Å²) in [5, 5.41) is 4.96. The molecule has 1 N–H and O–H groups in total. The highest BCUT2D eigenvalue weighted by atomic mass is 35.5. The molecule has 0 radical (unpaired) electrons. The smallest absolute Gasteiger partial charge is 0.126 e. The van der Waals surface area contributed by atoms with Gasteiger partial charge in [-0.05, 0) is 23.6 Å². The maximum Gasteiger partial charge on any atom is 0.126 e. The van der Waals surface area contributed by atoms with Gasteiger partial charge in [-0.1, -0.05) is 17.7 Å². The molecule has 4 heteroatoms. The summed E-state index contributed by atoms with van der Waals surface area (Å²) in [6.45, 7) is 0. The van der Waals surface area contributed by atoms with Crippen molar-refractivity contribution < 1.29 is 0 Å². The summed E-state index contributed by atoms with van der Waals surface area (Å²) in [6, 6.07) is 7.81. The summed E-state index contributed by atoms with van der Waals surface area (Å²) >= 11 is 7.55. The van der Waals surface area contributed by atoms with Gasteiger partial charge < -0.3 is 5.32 Å². The molecule has 0 aliphatic heterocycles. The van der Waals surface area contributed by atoms with Crippen molar-refractivity contribution in [3.63, 3.8) is 0 Å². The lowest BCUT2D eigenvalue weighted by atomic mass is 10.2. The number of anilines is 1. The molecule has 0 spiro atoms. The standard InChI is InChI=1S/C10H9ClN2S/c1-12-9-4-2-3-8(13-9)7-5-6-14-10(7)11/h2-6H,1H3,(H,12,13). The van der Waals surface area contributed by atoms with Gasteiger partial charge in [0.2, 0.25) is 0 Å². The summed E-state index contributed by atoms with van der Waals surface area (Å²) < 4.78 is 0.783. The van der Waals surface area contributed by atoms with Crippen LogP contribution in [0.1, 0.15) is 0 Å². The topological polar surface area (TPSA) is 24.9 Å². The van der Waals surface area contributed by atoms with Crippen molar-refractivity contribution in [3.8, 4) is 11.3 Å². The van der Waals surface area contributed by atoms with Crippen LogP contribution in [0.4, 0.5) is 5.82 Å². The van der Waals surface area contributed by atoms with Gasteiger partial charge in [-0.3, -0.25) is 0 Å². The predicted octanol–water partition coefficient (Wildman–Crippen LogP) is 3.51. The molecule has 0 bridgehead atoms. The summed E-state index contributed by atoms with van der Waals surface area (Å²) in [5.74, 6) is 0.852. The number of pyridine rings is 1. The average Bonchev–Trinajstić information content (AvgIpc) is 2.65. The van der Waals surface area contributed by atoms with Gasteiger partial charge in [0, 0.05) is 12.6 Å². The molecule has 0 aliphatic rings. The monoisotopic (exact) mass is 224 g/mol. The van der Waals surface area contributed by atoms with Crippen molar-refractivity contribution in [3.05, 3.63) is 34.0 Å². The summed E-state index contributed by atoms with van der Waals surface area (Å²) in [7, 11) is 1.85. The van der Waals surface area contributed by atoms with E-state index in [0.717, 1.165) is 21.4 Å². The third-order valence-corrected chi connectivity index (χ3v) is 3.07. The Morgan fingerprint density at radius 1 is 1.36 bits per heavy atom. The maximum absolute atomic E-state index is 6.03. The van der Waals surface area contributed by atoms with Gasteiger partial charge in [0.15, 0.2) is 0 Å². The Morgan fingerprint density at radius 2 is 2.21 bits per heavy atom. The van der Waals surface area contributed by atoms with E-state index in [-0.39, 0.29) is 0 Å². The molecule has 0 fully saturated rings. The Morgan fingerprint density at radius 3 is 2.86 bits per heavy atom. The molecule has 0 saturated heterocycles. The van der Waals surface area contributed by atoms with Crippen molar-refractivity contribution >= 4 is 28.8 Å². The largest absolute Gasteiger partial charge is 0.373 e. The zero-order chi connectivity index (χ0) is 9.97. The minimum Gasteiger partial charge on any atom is -0.373 e. The Balaban J connectivity index is 2.47. The third-order valence-electron chi connectivity index (χ3n) is 1.90. The summed E-state index contributed by atoms with van der Waals surface area (Å²) in [6.07, 6.45) is 0. The number of aromatic nitrogens is 1. The Bertz CT molecular complexity index is 439. The predicted molar refractivity (Wildman–Crippen MR) is 62.1 cm³/mol. The van der Waals surface area contributed by atoms with Crippen LogP contribution in [0.15, 0.2) is 29.6 Å². The van der Waals surface area contributed by atoms with Crippen LogP contribution in [-0.4, -0.2) is 12.0 Å². The molecule has 2 aromatic rings. The highest BCUT2D eigenvalue weighted by molar-refractivity contribution is 7.15. The minimum absolute atomic E-state index is 0.783. The fourth-order valence-electron chi connectivity index (χ4n) is 1.20. The molecule has 2 rings (SSSR count). The first-order chi connectivity index (χ1) is 6.81. The zero-order valence-corrected chi connectivity index (χ0v) is 9.19. The number of nitrogens with zero attached hydrogens (tertiary/aromatic N) is 1. The van der Waals surface area contributed by atoms with E-state index in [4.69, 9.17) is 11.6 Å². The van der Waals surface area contributed by atoms with Crippen LogP contribution in [-0.2, 0) is 0 Å². The van der Waals surface area contributed by atoms with Crippen LogP contribution in [0.3, 0.4) is 0 Å². The molecule has 2 heterocycles. The van der Waals surface area contributed by atoms with Crippen LogP contribution in [0.5, 0.6) is 0 Å². The van der Waals surface area contributed by atoms with Gasteiger partial charge in [0.25, 0.3) is 0 Å². The number of rotatable bonds is 2. The molecule has 14 heavy (non-hydrogen) atoms. The number of nitrogens with one attached hydrogen (secondary N) is 1. The SMILES string of the molecule is CNc1cccc(-c2ccsc2Cl)n1. The fourth-order valence-corrected chi connectivity index (χ4v) is 2.14. The minimum atomic E-state index is 0.783. The van der Waals surface area contributed by atoms with Gasteiger partial charge >= 0.3 is 0 Å². The second-order valence-electron chi connectivity index (χ2n) is 2.77. The lowest BCUT2D eigenvalue weighted by Gasteiger charge is -2.02. The van der Waals surface area contributed by atoms with Crippen molar-refractivity contribution in [1.29, 1.82) is 0 Å². The quantitative estimate of drug-likeness (QED) is 0.845. The van der Waals surface area contributed by atoms with Gasteiger partial charge in [0.05, 0.1) is 5.69 Å². The molecule has 0 atom stereocenters. The highest BCUT2D eigenvalue weighted by Gasteiger charge is 2.05. The van der Waals surface area contributed by atoms with Gasteiger partial charge in [0.1, 0.15) is 10.2 Å². The average molecular weight is 225 g/mol. The fraction of sp³-hybridized carbons (Fsp3) is 0.100. The number of hydrogen-bond donors (Lipinski definition) is 1. The second kappa shape index (κ2) is 3.98. The van der Waals surface area contributed by atoms with Gasteiger partial charge in [-0.15, -0.1) is 11.3 Å². The first-order valence-electron chi connectivity index (χ1n) is 4.19. The van der Waals surface area contributed by atoms with Crippen LogP contribution < -0.4 is 5.32 Å². The van der Waals surface area contributed by atoms with Gasteiger partial charge in [-0.2, -0.15) is 0 Å². The van der Waals surface area contributed by atoms with E-state index in [1.807, 2.05) is 36.7 Å². The molecular formula is C10H9ClN2S. The molecule has 2 aromatic heterocycles. The number of hydrogen-bond acceptors (Lipinski definition) is 3. The molecular weight excluding hydrogens is 216 g/mol. The summed E-state index contributed by atoms with van der Waals surface area (Å²) in [5.41, 5.74) is 1.90. The Kier molecular flexibility index (Phi) is 2.70. The maximum atomic E-state index is 6.03. The Hall–Kier alpha value is -1.06. The number of thiophene rings is 1. The van der Waals surface area contributed by atoms with Crippen LogP contribution in [0, 0.1) is 0 Å². The van der Waals surface area contributed by atoms with Crippen molar-refractivity contribution in [2.45, 2.75) is 0 Å². The van der Waals surface area contributed by atoms with Crippen molar-refractivity contribution in [2.75, 3.05) is 12.4 Å². The van der Waals surface area contributed by atoms with E-state index in [0.29, 0.717) is 0 Å². The summed E-state index contributed by atoms with van der Waals surface area (Å²) in [4.78, 5) is 4.41. The van der Waals surface area contributed by atoms with Gasteiger partial charge in [-0.25, -0.2) is 4.98 Å². The normalized spacial score (nSPS) is 10.1. The van der Waals surface area contributed by atoms with E-state index in [1.165, 1.54) is 11.3 Å². The zero-order valence-electron chi connectivity index (χ0n) is 7.62. The molecule has 0 amide bonds. The molecule has 72 valence electrons. The van der Waals surface area contributed by atoms with E-state index in [9.17, 15) is 0 Å². The first kappa shape index (κ1) is 9.49. The third kappa shape index (κ3) is 1.74.